The first-order chi connectivity index (χ1) is 27.5. The van der Waals surface area contributed by atoms with Crippen molar-refractivity contribution in [1.82, 2.24) is 34.4 Å². The number of hydrogen-bond acceptors (Lipinski definition) is 8. The maximum absolute atomic E-state index is 13.6. The number of aromatic amines is 1. The third-order valence-electron chi connectivity index (χ3n) is 11.0. The smallest absolute Gasteiger partial charge is 0.354 e. The predicted octanol–water partition coefficient (Wildman–Crippen LogP) is 5.37. The third-order valence-corrected chi connectivity index (χ3v) is 13.0. The normalized spacial score (nSPS) is 16.0. The van der Waals surface area contributed by atoms with Gasteiger partial charge in [0.15, 0.2) is 5.96 Å². The summed E-state index contributed by atoms with van der Waals surface area (Å²) in [6.45, 7) is 20.7. The Hall–Kier alpha value is -4.08. The average Bonchev–Trinajstić information content (AvgIpc) is 3.62. The van der Waals surface area contributed by atoms with Crippen LogP contribution in [0.5, 0.6) is 0 Å². The minimum absolute atomic E-state index is 0.0193. The fourth-order valence-electron chi connectivity index (χ4n) is 7.49. The number of sulfonamides is 1. The zero-order valence-electron chi connectivity index (χ0n) is 35.7. The van der Waals surface area contributed by atoms with E-state index in [1.807, 2.05) is 46.9 Å². The van der Waals surface area contributed by atoms with E-state index in [4.69, 9.17) is 11.5 Å². The van der Waals surface area contributed by atoms with Crippen molar-refractivity contribution in [3.8, 4) is 5.69 Å². The van der Waals surface area contributed by atoms with Gasteiger partial charge in [-0.1, -0.05) is 72.2 Å². The maximum atomic E-state index is 13.6. The van der Waals surface area contributed by atoms with Crippen LogP contribution in [0.3, 0.4) is 0 Å². The number of nitrogens with one attached hydrogen (secondary N) is 3. The predicted molar refractivity (Wildman–Crippen MR) is 237 cm³/mol. The van der Waals surface area contributed by atoms with Crippen LogP contribution in [-0.2, 0) is 27.4 Å². The summed E-state index contributed by atoms with van der Waals surface area (Å²) in [7, 11) is -3.48. The summed E-state index contributed by atoms with van der Waals surface area (Å²) in [6, 6.07) is 17.6. The van der Waals surface area contributed by atoms with Gasteiger partial charge in [0, 0.05) is 48.4 Å². The van der Waals surface area contributed by atoms with E-state index < -0.39 is 10.0 Å². The van der Waals surface area contributed by atoms with Crippen molar-refractivity contribution in [2.45, 2.75) is 115 Å². The quantitative estimate of drug-likeness (QED) is 0.0636. The zero-order chi connectivity index (χ0) is 41.9. The summed E-state index contributed by atoms with van der Waals surface area (Å²) < 4.78 is 30.5. The van der Waals surface area contributed by atoms with E-state index >= 15 is 0 Å². The Bertz CT molecular complexity index is 2080. The molecule has 0 saturated carbocycles. The first-order valence-electron chi connectivity index (χ1n) is 21.1. The number of nitrogens with two attached hydrogens (primary N) is 2. The molecule has 4 aromatic rings. The number of aromatic nitrogens is 3. The molecule has 2 saturated heterocycles. The highest BCUT2D eigenvalue weighted by Crippen LogP contribution is 2.28. The van der Waals surface area contributed by atoms with Crippen molar-refractivity contribution in [2.24, 2.45) is 16.5 Å². The van der Waals surface area contributed by atoms with Gasteiger partial charge >= 0.3 is 5.69 Å². The summed E-state index contributed by atoms with van der Waals surface area (Å²) in [5.74, 6) is 0.123. The van der Waals surface area contributed by atoms with Crippen LogP contribution in [0.15, 0.2) is 75.5 Å². The Labute approximate surface area is 346 Å². The molecule has 0 bridgehead atoms. The third kappa shape index (κ3) is 12.7. The summed E-state index contributed by atoms with van der Waals surface area (Å²) in [5.41, 5.74) is 15.0. The monoisotopic (exact) mass is 817 g/mol. The van der Waals surface area contributed by atoms with Crippen LogP contribution in [0.4, 0.5) is 0 Å². The number of rotatable bonds is 14. The second-order valence-electron chi connectivity index (χ2n) is 17.8. The lowest BCUT2D eigenvalue weighted by Crippen LogP contribution is -2.47. The first kappa shape index (κ1) is 45.0. The summed E-state index contributed by atoms with van der Waals surface area (Å²) >= 11 is 0. The van der Waals surface area contributed by atoms with Crippen molar-refractivity contribution in [2.75, 3.05) is 52.4 Å². The fraction of sp³-hybridized carbons (Fsp3) is 0.568. The van der Waals surface area contributed by atoms with Crippen LogP contribution in [-0.4, -0.2) is 96.5 Å². The van der Waals surface area contributed by atoms with E-state index in [1.54, 1.807) is 16.7 Å². The SMILES string of the molecule is CC(C)(C)c1cc2cn(-c3ccc(CNCCCN=C(N)N)cc3)c(=O)nc2[nH]1.CC(C)(C)c1ccc(S(=O)(=O)N(CCCN2CCCCC2)C2CCNCC2)cc1. The van der Waals surface area contributed by atoms with Crippen LogP contribution in [0.1, 0.15) is 103 Å². The molecular weight excluding hydrogens is 749 g/mol. The van der Waals surface area contributed by atoms with Gasteiger partial charge in [0.05, 0.1) is 10.6 Å². The van der Waals surface area contributed by atoms with Gasteiger partial charge in [0.1, 0.15) is 5.65 Å². The van der Waals surface area contributed by atoms with Gasteiger partial charge < -0.3 is 32.0 Å². The van der Waals surface area contributed by atoms with Crippen LogP contribution < -0.4 is 27.8 Å². The summed E-state index contributed by atoms with van der Waals surface area (Å²) in [4.78, 5) is 26.8. The molecule has 2 aliphatic rings. The summed E-state index contributed by atoms with van der Waals surface area (Å²) in [5, 5.41) is 7.63. The Morgan fingerprint density at radius 1 is 0.931 bits per heavy atom. The number of piperidine rings is 2. The molecule has 0 aliphatic carbocycles. The molecule has 58 heavy (non-hydrogen) atoms. The van der Waals surface area contributed by atoms with Gasteiger partial charge in [0.25, 0.3) is 0 Å². The minimum Gasteiger partial charge on any atom is -0.370 e. The van der Waals surface area contributed by atoms with Crippen LogP contribution in [0, 0.1) is 0 Å². The number of hydrogen-bond donors (Lipinski definition) is 5. The Morgan fingerprint density at radius 2 is 1.60 bits per heavy atom. The first-order valence-corrected chi connectivity index (χ1v) is 22.5. The highest BCUT2D eigenvalue weighted by atomic mass is 32.2. The van der Waals surface area contributed by atoms with Gasteiger partial charge in [-0.05, 0) is 125 Å². The second kappa shape index (κ2) is 20.3. The maximum Gasteiger partial charge on any atom is 0.354 e. The molecule has 0 unspecified atom stereocenters. The number of H-pyrrole nitrogens is 1. The largest absolute Gasteiger partial charge is 0.370 e. The molecule has 4 heterocycles. The van der Waals surface area contributed by atoms with E-state index in [-0.39, 0.29) is 28.5 Å². The molecule has 13 nitrogen and oxygen atoms in total. The number of likely N-dealkylation sites (tertiary alicyclic amines) is 1. The lowest BCUT2D eigenvalue weighted by atomic mass is 9.87. The van der Waals surface area contributed by atoms with Crippen molar-refractivity contribution >= 4 is 27.0 Å². The lowest BCUT2D eigenvalue weighted by molar-refractivity contribution is 0.205. The van der Waals surface area contributed by atoms with Crippen LogP contribution in [0.2, 0.25) is 0 Å². The van der Waals surface area contributed by atoms with Gasteiger partial charge in [-0.15, -0.1) is 0 Å². The Morgan fingerprint density at radius 3 is 2.22 bits per heavy atom. The van der Waals surface area contributed by atoms with Crippen molar-refractivity contribution in [1.29, 1.82) is 0 Å². The number of benzene rings is 2. The van der Waals surface area contributed by atoms with Gasteiger partial charge in [-0.25, -0.2) is 13.2 Å². The average molecular weight is 817 g/mol. The van der Waals surface area contributed by atoms with E-state index in [1.165, 1.54) is 19.3 Å². The second-order valence-corrected chi connectivity index (χ2v) is 19.7. The Kier molecular flexibility index (Phi) is 15.7. The topological polar surface area (TPSA) is 180 Å². The van der Waals surface area contributed by atoms with Crippen molar-refractivity contribution in [3.05, 3.63) is 88.1 Å². The van der Waals surface area contributed by atoms with E-state index in [0.29, 0.717) is 23.6 Å². The van der Waals surface area contributed by atoms with Gasteiger partial charge in [-0.2, -0.15) is 9.29 Å². The van der Waals surface area contributed by atoms with E-state index in [2.05, 4.69) is 78.1 Å². The number of nitrogens with zero attached hydrogens (tertiary/aromatic N) is 5. The molecule has 2 aliphatic heterocycles. The van der Waals surface area contributed by atoms with Crippen molar-refractivity contribution < 1.29 is 8.42 Å². The summed E-state index contributed by atoms with van der Waals surface area (Å²) in [6.07, 6.45) is 9.27. The highest BCUT2D eigenvalue weighted by molar-refractivity contribution is 7.89. The van der Waals surface area contributed by atoms with Crippen LogP contribution >= 0.6 is 0 Å². The molecule has 2 aromatic carbocycles. The van der Waals surface area contributed by atoms with Gasteiger partial charge in [0.2, 0.25) is 10.0 Å². The molecule has 0 atom stereocenters. The molecule has 0 spiro atoms. The van der Waals surface area contributed by atoms with E-state index in [9.17, 15) is 13.2 Å². The molecule has 2 aromatic heterocycles. The number of guanidine groups is 1. The highest BCUT2D eigenvalue weighted by Gasteiger charge is 2.32. The van der Waals surface area contributed by atoms with E-state index in [0.717, 1.165) is 99.4 Å². The molecule has 6 rings (SSSR count). The fourth-order valence-corrected chi connectivity index (χ4v) is 9.22. The number of fused-ring (bicyclic) bond motifs is 1. The molecule has 14 heteroatoms. The van der Waals surface area contributed by atoms with Gasteiger partial charge in [-0.3, -0.25) is 9.56 Å². The number of aliphatic imine (C=N–C) groups is 1. The molecule has 2 fully saturated rings. The molecule has 0 amide bonds. The zero-order valence-corrected chi connectivity index (χ0v) is 36.5. The van der Waals surface area contributed by atoms with Crippen molar-refractivity contribution in [3.63, 3.8) is 0 Å². The minimum atomic E-state index is -3.48. The standard InChI is InChI=1S/C23H39N3O2S.C21H29N7O/c1-23(2,3)20-8-10-22(11-9-20)29(27,28)26(21-12-14-24-15-13-21)19-7-18-25-16-5-4-6-17-25;1-21(2,3)17-11-15-13-28(20(29)27-18(15)26-17)16-7-5-14(6-8-16)12-24-9-4-10-25-19(22)23/h8-11,21,24H,4-7,12-19H2,1-3H3;5-8,11,13,24H,4,9-10,12H2,1-3H3,(H4,22,23,25)(H,26,27,29). The molecule has 0 radical (unpaired) electrons. The molecule has 7 N–H and O–H groups in total. The lowest BCUT2D eigenvalue weighted by Gasteiger charge is -2.35. The molecular formula is C44H68N10O3S. The molecule has 318 valence electrons. The van der Waals surface area contributed by atoms with Crippen LogP contribution in [0.25, 0.3) is 16.7 Å². The Balaban J connectivity index is 0.000000221.